The lowest BCUT2D eigenvalue weighted by Crippen LogP contribution is -2.38. The highest BCUT2D eigenvalue weighted by molar-refractivity contribution is 6.08. The van der Waals surface area contributed by atoms with Gasteiger partial charge in [-0.1, -0.05) is 111 Å². The lowest BCUT2D eigenvalue weighted by Gasteiger charge is -2.36. The smallest absolute Gasteiger partial charge is 0.0878 e. The summed E-state index contributed by atoms with van der Waals surface area (Å²) < 4.78 is 0. The molecule has 3 aliphatic rings. The largest absolute Gasteiger partial charge is 0.383 e. The van der Waals surface area contributed by atoms with E-state index in [1.54, 1.807) is 0 Å². The van der Waals surface area contributed by atoms with Crippen LogP contribution in [0.2, 0.25) is 0 Å². The van der Waals surface area contributed by atoms with Gasteiger partial charge in [0.25, 0.3) is 0 Å². The first kappa shape index (κ1) is 27.7. The van der Waals surface area contributed by atoms with Crippen LogP contribution >= 0.6 is 0 Å². The molecule has 0 saturated heterocycles. The number of allylic oxidation sites excluding steroid dienone is 4. The number of nitrogens with zero attached hydrogens (tertiary/aromatic N) is 2. The van der Waals surface area contributed by atoms with E-state index in [9.17, 15) is 0 Å². The summed E-state index contributed by atoms with van der Waals surface area (Å²) >= 11 is 0. The number of likely N-dealkylation sites (N-methyl/N-ethyl adjacent to an activating group) is 1. The SMILES string of the molecule is CC.CN1C(c2ccccn2)=CC(c2ccc(-c3ccc4c5c(cccc35)-c3ccccc3C4)cc2)=CC1C1=CC=CCN1. The molecule has 4 aromatic carbocycles. The molecule has 0 saturated carbocycles. The molecular weight excluding hydrogens is 534 g/mol. The number of pyridine rings is 1. The Morgan fingerprint density at radius 1 is 0.750 bits per heavy atom. The Hall–Kier alpha value is -5.15. The lowest BCUT2D eigenvalue weighted by atomic mass is 9.81. The van der Waals surface area contributed by atoms with Gasteiger partial charge in [-0.15, -0.1) is 0 Å². The monoisotopic (exact) mass is 571 g/mol. The predicted octanol–water partition coefficient (Wildman–Crippen LogP) is 9.28. The summed E-state index contributed by atoms with van der Waals surface area (Å²) in [6.07, 6.45) is 13.9. The van der Waals surface area contributed by atoms with Gasteiger partial charge >= 0.3 is 0 Å². The van der Waals surface area contributed by atoms with Crippen molar-refractivity contribution in [2.24, 2.45) is 0 Å². The molecule has 0 bridgehead atoms. The molecule has 5 aromatic rings. The highest BCUT2D eigenvalue weighted by atomic mass is 15.2. The Morgan fingerprint density at radius 3 is 2.34 bits per heavy atom. The average molecular weight is 572 g/mol. The standard InChI is InChI=1S/C39H31N3.C2H6/c1-42-37(35-13-4-6-21-40-35)24-30(25-38(42)36-14-5-7-22-41-36)26-15-17-27(18-16-26)32-20-19-29-23-28-9-2-3-10-31(28)33-11-8-12-34(32)39(29)33;1-2/h2-21,24-25,38,41H,22-23H2,1H3;1-2H3. The fraction of sp³-hybridized carbons (Fsp3) is 0.146. The molecule has 0 fully saturated rings. The maximum atomic E-state index is 4.69. The molecule has 0 spiro atoms. The first-order valence-electron chi connectivity index (χ1n) is 15.7. The first-order chi connectivity index (χ1) is 21.7. The number of dihydropyridines is 1. The van der Waals surface area contributed by atoms with Crippen molar-refractivity contribution in [2.75, 3.05) is 13.6 Å². The lowest BCUT2D eigenvalue weighted by molar-refractivity contribution is 0.426. The highest BCUT2D eigenvalue weighted by Crippen LogP contribution is 2.43. The molecule has 8 rings (SSSR count). The predicted molar refractivity (Wildman–Crippen MR) is 186 cm³/mol. The minimum Gasteiger partial charge on any atom is -0.383 e. The van der Waals surface area contributed by atoms with Crippen LogP contribution in [0.5, 0.6) is 0 Å². The van der Waals surface area contributed by atoms with E-state index in [1.807, 2.05) is 26.1 Å². The minimum atomic E-state index is 0.0926. The molecule has 44 heavy (non-hydrogen) atoms. The van der Waals surface area contributed by atoms with Gasteiger partial charge in [0.2, 0.25) is 0 Å². The zero-order valence-electron chi connectivity index (χ0n) is 25.6. The van der Waals surface area contributed by atoms with Crippen molar-refractivity contribution >= 4 is 22.0 Å². The molecule has 3 heterocycles. The second-order valence-corrected chi connectivity index (χ2v) is 11.3. The van der Waals surface area contributed by atoms with Gasteiger partial charge in [-0.25, -0.2) is 0 Å². The molecule has 0 amide bonds. The molecule has 3 nitrogen and oxygen atoms in total. The van der Waals surface area contributed by atoms with Gasteiger partial charge in [-0.2, -0.15) is 0 Å². The Balaban J connectivity index is 0.00000153. The number of hydrogen-bond donors (Lipinski definition) is 1. The van der Waals surface area contributed by atoms with Crippen molar-refractivity contribution in [3.8, 4) is 22.3 Å². The van der Waals surface area contributed by atoms with Gasteiger partial charge in [0.05, 0.1) is 17.4 Å². The summed E-state index contributed by atoms with van der Waals surface area (Å²) in [5, 5.41) is 6.29. The fourth-order valence-electron chi connectivity index (χ4n) is 6.74. The van der Waals surface area contributed by atoms with Crippen LogP contribution in [0.15, 0.2) is 139 Å². The van der Waals surface area contributed by atoms with Crippen LogP contribution in [-0.4, -0.2) is 29.5 Å². The van der Waals surface area contributed by atoms with Crippen LogP contribution in [-0.2, 0) is 6.42 Å². The van der Waals surface area contributed by atoms with Crippen LogP contribution in [0, 0.1) is 0 Å². The van der Waals surface area contributed by atoms with E-state index in [2.05, 4.69) is 139 Å². The number of benzene rings is 4. The van der Waals surface area contributed by atoms with Crippen LogP contribution in [0.25, 0.3) is 44.3 Å². The normalized spacial score (nSPS) is 16.6. The molecule has 1 unspecified atom stereocenters. The number of rotatable bonds is 4. The van der Waals surface area contributed by atoms with Crippen molar-refractivity contribution in [3.63, 3.8) is 0 Å². The van der Waals surface area contributed by atoms with Gasteiger partial charge < -0.3 is 10.2 Å². The van der Waals surface area contributed by atoms with E-state index in [0.717, 1.165) is 24.4 Å². The van der Waals surface area contributed by atoms with Crippen molar-refractivity contribution < 1.29 is 0 Å². The van der Waals surface area contributed by atoms with E-state index in [-0.39, 0.29) is 6.04 Å². The van der Waals surface area contributed by atoms with Gasteiger partial charge in [-0.3, -0.25) is 4.98 Å². The molecule has 1 aliphatic carbocycles. The van der Waals surface area contributed by atoms with E-state index in [0.29, 0.717) is 0 Å². The third-order valence-electron chi connectivity index (χ3n) is 8.85. The Kier molecular flexibility index (Phi) is 7.45. The third kappa shape index (κ3) is 4.85. The number of hydrogen-bond acceptors (Lipinski definition) is 3. The number of aromatic nitrogens is 1. The summed E-state index contributed by atoms with van der Waals surface area (Å²) in [6.45, 7) is 4.84. The Labute approximate surface area is 260 Å². The summed E-state index contributed by atoms with van der Waals surface area (Å²) in [6, 6.07) is 35.5. The molecule has 216 valence electrons. The van der Waals surface area contributed by atoms with E-state index in [1.165, 1.54) is 61.0 Å². The fourth-order valence-corrected chi connectivity index (χ4v) is 6.74. The second-order valence-electron chi connectivity index (χ2n) is 11.3. The van der Waals surface area contributed by atoms with Crippen molar-refractivity contribution in [2.45, 2.75) is 26.3 Å². The second kappa shape index (κ2) is 11.9. The molecule has 3 heteroatoms. The van der Waals surface area contributed by atoms with E-state index >= 15 is 0 Å². The molecule has 1 N–H and O–H groups in total. The summed E-state index contributed by atoms with van der Waals surface area (Å²) in [5.41, 5.74) is 13.7. The molecular formula is C41H37N3. The summed E-state index contributed by atoms with van der Waals surface area (Å²) in [7, 11) is 2.15. The van der Waals surface area contributed by atoms with Gasteiger partial charge in [0, 0.05) is 25.5 Å². The van der Waals surface area contributed by atoms with Crippen molar-refractivity contribution in [3.05, 3.63) is 162 Å². The number of nitrogens with one attached hydrogen (secondary N) is 1. The van der Waals surface area contributed by atoms with Crippen LogP contribution in [0.1, 0.15) is 36.2 Å². The quantitative estimate of drug-likeness (QED) is 0.229. The molecule has 0 radical (unpaired) electrons. The molecule has 1 atom stereocenters. The van der Waals surface area contributed by atoms with E-state index < -0.39 is 0 Å². The van der Waals surface area contributed by atoms with Crippen molar-refractivity contribution in [1.29, 1.82) is 0 Å². The highest BCUT2D eigenvalue weighted by Gasteiger charge is 2.26. The third-order valence-corrected chi connectivity index (χ3v) is 8.85. The maximum absolute atomic E-state index is 4.69. The topological polar surface area (TPSA) is 28.2 Å². The summed E-state index contributed by atoms with van der Waals surface area (Å²) in [4.78, 5) is 7.00. The van der Waals surface area contributed by atoms with Crippen LogP contribution in [0.4, 0.5) is 0 Å². The Morgan fingerprint density at radius 2 is 1.55 bits per heavy atom. The van der Waals surface area contributed by atoms with Crippen molar-refractivity contribution in [1.82, 2.24) is 15.2 Å². The average Bonchev–Trinajstić information content (AvgIpc) is 3.10. The molecule has 2 aliphatic heterocycles. The Bertz CT molecular complexity index is 1960. The van der Waals surface area contributed by atoms with E-state index in [4.69, 9.17) is 4.98 Å². The number of fused-ring (bicyclic) bond motifs is 2. The van der Waals surface area contributed by atoms with Crippen LogP contribution < -0.4 is 5.32 Å². The molecule has 1 aromatic heterocycles. The van der Waals surface area contributed by atoms with Gasteiger partial charge in [-0.05, 0) is 92.1 Å². The zero-order valence-corrected chi connectivity index (χ0v) is 25.6. The van der Waals surface area contributed by atoms with Gasteiger partial charge in [0.15, 0.2) is 0 Å². The maximum Gasteiger partial charge on any atom is 0.0878 e. The first-order valence-corrected chi connectivity index (χ1v) is 15.7. The summed E-state index contributed by atoms with van der Waals surface area (Å²) in [5.74, 6) is 0. The zero-order chi connectivity index (χ0) is 30.0. The van der Waals surface area contributed by atoms with Gasteiger partial charge in [0.1, 0.15) is 0 Å². The minimum absolute atomic E-state index is 0.0926. The van der Waals surface area contributed by atoms with Crippen LogP contribution in [0.3, 0.4) is 0 Å².